The summed E-state index contributed by atoms with van der Waals surface area (Å²) in [6, 6.07) is 3.01. The van der Waals surface area contributed by atoms with Crippen LogP contribution in [0.1, 0.15) is 48.8 Å². The molecule has 0 N–H and O–H groups in total. The summed E-state index contributed by atoms with van der Waals surface area (Å²) in [5.74, 6) is 0.154. The number of ether oxygens (including phenoxy) is 1. The number of hydrogen-bond donors (Lipinski definition) is 0. The van der Waals surface area contributed by atoms with Crippen LogP contribution >= 0.6 is 0 Å². The Hall–Kier alpha value is -1.74. The summed E-state index contributed by atoms with van der Waals surface area (Å²) < 4.78 is 31.5. The van der Waals surface area contributed by atoms with Crippen LogP contribution in [0.4, 0.5) is 8.78 Å². The van der Waals surface area contributed by atoms with Crippen molar-refractivity contribution in [3.63, 3.8) is 0 Å². The molecule has 0 spiro atoms. The van der Waals surface area contributed by atoms with Gasteiger partial charge in [-0.2, -0.15) is 4.99 Å². The average molecular weight is 281 g/mol. The highest BCUT2D eigenvalue weighted by Gasteiger charge is 2.40. The number of methoxy groups -OCH3 is 1. The molecule has 0 amide bonds. The second-order valence-electron chi connectivity index (χ2n) is 5.12. The zero-order chi connectivity index (χ0) is 14.8. The molecule has 20 heavy (non-hydrogen) atoms. The molecule has 1 aliphatic rings. The fourth-order valence-corrected chi connectivity index (χ4v) is 3.13. The van der Waals surface area contributed by atoms with Crippen molar-refractivity contribution in [2.45, 2.75) is 44.6 Å². The summed E-state index contributed by atoms with van der Waals surface area (Å²) in [7, 11) is 1.37. The first kappa shape index (κ1) is 14.7. The number of carbonyl (C=O) groups excluding carboxylic acids is 1. The maximum atomic E-state index is 13.1. The molecular weight excluding hydrogens is 264 g/mol. The minimum absolute atomic E-state index is 0.152. The Morgan fingerprint density at radius 2 is 2.00 bits per heavy atom. The van der Waals surface area contributed by atoms with E-state index in [-0.39, 0.29) is 11.3 Å². The van der Waals surface area contributed by atoms with Gasteiger partial charge in [0.05, 0.1) is 12.7 Å². The van der Waals surface area contributed by atoms with Crippen molar-refractivity contribution in [3.05, 3.63) is 28.8 Å². The van der Waals surface area contributed by atoms with Crippen LogP contribution in [0.2, 0.25) is 0 Å². The summed E-state index contributed by atoms with van der Waals surface area (Å²) in [6.45, 7) is 1.83. The van der Waals surface area contributed by atoms with E-state index in [0.29, 0.717) is 18.4 Å². The van der Waals surface area contributed by atoms with Gasteiger partial charge in [0.1, 0.15) is 11.3 Å². The highest BCUT2D eigenvalue weighted by Crippen LogP contribution is 2.49. The van der Waals surface area contributed by atoms with Crippen LogP contribution in [0.3, 0.4) is 0 Å². The molecule has 108 valence electrons. The van der Waals surface area contributed by atoms with E-state index in [2.05, 4.69) is 4.99 Å². The van der Waals surface area contributed by atoms with Crippen LogP contribution in [-0.4, -0.2) is 13.2 Å². The molecule has 1 aliphatic carbocycles. The first-order valence-electron chi connectivity index (χ1n) is 6.61. The first-order chi connectivity index (χ1) is 9.55. The molecule has 2 rings (SSSR count). The third-order valence-electron chi connectivity index (χ3n) is 3.99. The van der Waals surface area contributed by atoms with Crippen molar-refractivity contribution >= 4 is 6.08 Å². The molecule has 3 nitrogen and oxygen atoms in total. The van der Waals surface area contributed by atoms with Crippen LogP contribution < -0.4 is 4.74 Å². The van der Waals surface area contributed by atoms with Gasteiger partial charge in [-0.3, -0.25) is 0 Å². The Labute approximate surface area is 116 Å². The van der Waals surface area contributed by atoms with Gasteiger partial charge in [0, 0.05) is 5.56 Å². The smallest absolute Gasteiger partial charge is 0.267 e. The van der Waals surface area contributed by atoms with Gasteiger partial charge in [0.15, 0.2) is 0 Å². The number of nitrogens with zero attached hydrogens (tertiary/aromatic N) is 1. The van der Waals surface area contributed by atoms with E-state index in [1.165, 1.54) is 13.2 Å². The Morgan fingerprint density at radius 3 is 2.50 bits per heavy atom. The lowest BCUT2D eigenvalue weighted by Gasteiger charge is -2.28. The number of rotatable bonds is 4. The molecule has 0 saturated heterocycles. The SMILES string of the molecule is COc1c(C(F)F)ccc(C)c1C1(N=C=O)CCCC1. The topological polar surface area (TPSA) is 38.7 Å². The van der Waals surface area contributed by atoms with Gasteiger partial charge in [-0.1, -0.05) is 18.9 Å². The van der Waals surface area contributed by atoms with Gasteiger partial charge in [0.25, 0.3) is 6.43 Å². The molecule has 0 atom stereocenters. The van der Waals surface area contributed by atoms with Crippen molar-refractivity contribution in [1.29, 1.82) is 0 Å². The lowest BCUT2D eigenvalue weighted by molar-refractivity contribution is 0.146. The molecule has 1 aromatic rings. The lowest BCUT2D eigenvalue weighted by atomic mass is 9.84. The predicted molar refractivity (Wildman–Crippen MR) is 71.0 cm³/mol. The Balaban J connectivity index is 2.71. The van der Waals surface area contributed by atoms with Gasteiger partial charge in [-0.05, 0) is 31.4 Å². The monoisotopic (exact) mass is 281 g/mol. The van der Waals surface area contributed by atoms with E-state index in [1.807, 2.05) is 6.92 Å². The summed E-state index contributed by atoms with van der Waals surface area (Å²) >= 11 is 0. The number of halogens is 2. The number of isocyanates is 1. The van der Waals surface area contributed by atoms with Crippen molar-refractivity contribution in [2.24, 2.45) is 4.99 Å². The van der Waals surface area contributed by atoms with Crippen LogP contribution in [-0.2, 0) is 10.3 Å². The molecule has 1 aromatic carbocycles. The van der Waals surface area contributed by atoms with Crippen molar-refractivity contribution < 1.29 is 18.3 Å². The van der Waals surface area contributed by atoms with Crippen molar-refractivity contribution in [2.75, 3.05) is 7.11 Å². The highest BCUT2D eigenvalue weighted by molar-refractivity contribution is 5.53. The third kappa shape index (κ3) is 2.34. The zero-order valence-electron chi connectivity index (χ0n) is 11.6. The number of hydrogen-bond acceptors (Lipinski definition) is 3. The lowest BCUT2D eigenvalue weighted by Crippen LogP contribution is -2.22. The van der Waals surface area contributed by atoms with E-state index >= 15 is 0 Å². The van der Waals surface area contributed by atoms with Crippen molar-refractivity contribution in [1.82, 2.24) is 0 Å². The highest BCUT2D eigenvalue weighted by atomic mass is 19.3. The normalized spacial score (nSPS) is 17.1. The molecule has 0 heterocycles. The van der Waals surface area contributed by atoms with Gasteiger partial charge >= 0.3 is 0 Å². The average Bonchev–Trinajstić information content (AvgIpc) is 2.87. The molecule has 1 saturated carbocycles. The minimum Gasteiger partial charge on any atom is -0.496 e. The van der Waals surface area contributed by atoms with Crippen LogP contribution in [0, 0.1) is 6.92 Å². The minimum atomic E-state index is -2.62. The summed E-state index contributed by atoms with van der Waals surface area (Å²) in [5, 5.41) is 0. The summed E-state index contributed by atoms with van der Waals surface area (Å²) in [6.07, 6.45) is 2.12. The summed E-state index contributed by atoms with van der Waals surface area (Å²) in [5.41, 5.74) is 0.508. The molecule has 0 radical (unpaired) electrons. The van der Waals surface area contributed by atoms with E-state index in [1.54, 1.807) is 12.1 Å². The number of alkyl halides is 2. The van der Waals surface area contributed by atoms with E-state index in [0.717, 1.165) is 18.4 Å². The van der Waals surface area contributed by atoms with Gasteiger partial charge in [-0.15, -0.1) is 0 Å². The third-order valence-corrected chi connectivity index (χ3v) is 3.99. The van der Waals surface area contributed by atoms with Gasteiger partial charge in [0.2, 0.25) is 6.08 Å². The van der Waals surface area contributed by atoms with Gasteiger partial charge in [-0.25, -0.2) is 13.6 Å². The summed E-state index contributed by atoms with van der Waals surface area (Å²) in [4.78, 5) is 14.8. The Kier molecular flexibility index (Phi) is 4.19. The largest absolute Gasteiger partial charge is 0.496 e. The van der Waals surface area contributed by atoms with E-state index in [9.17, 15) is 13.6 Å². The van der Waals surface area contributed by atoms with Crippen LogP contribution in [0.25, 0.3) is 0 Å². The quantitative estimate of drug-likeness (QED) is 0.617. The number of aryl methyl sites for hydroxylation is 1. The van der Waals surface area contributed by atoms with Crippen LogP contribution in [0.5, 0.6) is 5.75 Å². The predicted octanol–water partition coefficient (Wildman–Crippen LogP) is 4.05. The maximum Gasteiger partial charge on any atom is 0.267 e. The molecule has 0 aromatic heterocycles. The number of aliphatic imine (C=N–C) groups is 1. The van der Waals surface area contributed by atoms with Crippen molar-refractivity contribution in [3.8, 4) is 5.75 Å². The van der Waals surface area contributed by atoms with Crippen LogP contribution in [0.15, 0.2) is 17.1 Å². The Morgan fingerprint density at radius 1 is 1.35 bits per heavy atom. The molecular formula is C15H17F2NO2. The maximum absolute atomic E-state index is 13.1. The Bertz CT molecular complexity index is 545. The fraction of sp³-hybridized carbons (Fsp3) is 0.533. The fourth-order valence-electron chi connectivity index (χ4n) is 3.13. The zero-order valence-corrected chi connectivity index (χ0v) is 11.6. The molecule has 0 bridgehead atoms. The second kappa shape index (κ2) is 5.71. The second-order valence-corrected chi connectivity index (χ2v) is 5.12. The van der Waals surface area contributed by atoms with E-state index < -0.39 is 12.0 Å². The van der Waals surface area contributed by atoms with Gasteiger partial charge < -0.3 is 4.74 Å². The molecule has 0 aliphatic heterocycles. The van der Waals surface area contributed by atoms with E-state index in [4.69, 9.17) is 4.74 Å². The molecule has 5 heteroatoms. The number of benzene rings is 1. The standard InChI is InChI=1S/C15H17F2NO2/c1-10-5-6-11(14(16)17)13(20-2)12(10)15(18-9-19)7-3-4-8-15/h5-6,14H,3-4,7-8H2,1-2H3. The molecule has 1 fully saturated rings. The first-order valence-corrected chi connectivity index (χ1v) is 6.61. The molecule has 0 unspecified atom stereocenters.